The largest absolute Gasteiger partial charge is 0.341 e. The third kappa shape index (κ3) is 3.22. The highest BCUT2D eigenvalue weighted by molar-refractivity contribution is 5.93. The van der Waals surface area contributed by atoms with Crippen molar-refractivity contribution in [1.29, 1.82) is 0 Å². The summed E-state index contributed by atoms with van der Waals surface area (Å²) in [5, 5.41) is 0. The first-order valence-corrected chi connectivity index (χ1v) is 5.48. The Morgan fingerprint density at radius 1 is 1.56 bits per heavy atom. The van der Waals surface area contributed by atoms with Crippen molar-refractivity contribution in [2.75, 3.05) is 13.6 Å². The molecule has 0 saturated carbocycles. The number of amides is 1. The number of aromatic nitrogens is 1. The Balaban J connectivity index is 2.74. The highest BCUT2D eigenvalue weighted by Gasteiger charge is 2.13. The molecule has 4 nitrogen and oxygen atoms in total. The van der Waals surface area contributed by atoms with Crippen molar-refractivity contribution in [2.24, 2.45) is 5.92 Å². The fraction of sp³-hybridized carbons (Fsp3) is 0.500. The molecule has 0 aromatic carbocycles. The van der Waals surface area contributed by atoms with Gasteiger partial charge in [-0.3, -0.25) is 9.59 Å². The molecule has 1 heterocycles. The van der Waals surface area contributed by atoms with Gasteiger partial charge in [-0.15, -0.1) is 0 Å². The fourth-order valence-electron chi connectivity index (χ4n) is 1.48. The highest BCUT2D eigenvalue weighted by atomic mass is 16.2. The van der Waals surface area contributed by atoms with E-state index in [0.29, 0.717) is 18.0 Å². The zero-order valence-corrected chi connectivity index (χ0v) is 9.99. The van der Waals surface area contributed by atoms with E-state index in [2.05, 4.69) is 18.8 Å². The summed E-state index contributed by atoms with van der Waals surface area (Å²) in [5.41, 5.74) is 0.192. The summed E-state index contributed by atoms with van der Waals surface area (Å²) in [6.45, 7) is 4.90. The van der Waals surface area contributed by atoms with Crippen molar-refractivity contribution in [3.05, 3.63) is 34.2 Å². The van der Waals surface area contributed by atoms with E-state index in [-0.39, 0.29) is 11.5 Å². The van der Waals surface area contributed by atoms with Crippen molar-refractivity contribution in [2.45, 2.75) is 20.3 Å². The van der Waals surface area contributed by atoms with E-state index in [1.807, 2.05) is 0 Å². The van der Waals surface area contributed by atoms with E-state index in [1.165, 1.54) is 12.3 Å². The number of nitrogens with zero attached hydrogens (tertiary/aromatic N) is 1. The SMILES string of the molecule is CCC(C)CN(C)C(=O)c1cc[nH]c(=O)c1. The summed E-state index contributed by atoms with van der Waals surface area (Å²) in [7, 11) is 1.76. The minimum Gasteiger partial charge on any atom is -0.341 e. The van der Waals surface area contributed by atoms with Gasteiger partial charge in [0.1, 0.15) is 0 Å². The Labute approximate surface area is 95.3 Å². The number of aromatic amines is 1. The molecule has 0 saturated heterocycles. The zero-order valence-electron chi connectivity index (χ0n) is 9.99. The van der Waals surface area contributed by atoms with Crippen molar-refractivity contribution in [3.63, 3.8) is 0 Å². The topological polar surface area (TPSA) is 53.2 Å². The number of pyridine rings is 1. The van der Waals surface area contributed by atoms with Crippen LogP contribution in [0.3, 0.4) is 0 Å². The number of hydrogen-bond donors (Lipinski definition) is 1. The molecule has 88 valence electrons. The van der Waals surface area contributed by atoms with Gasteiger partial charge in [-0.05, 0) is 12.0 Å². The molecule has 0 bridgehead atoms. The molecular formula is C12H18N2O2. The minimum atomic E-state index is -0.247. The van der Waals surface area contributed by atoms with Gasteiger partial charge in [0.05, 0.1) is 0 Å². The van der Waals surface area contributed by atoms with Crippen LogP contribution in [-0.2, 0) is 0 Å². The van der Waals surface area contributed by atoms with Crippen molar-refractivity contribution < 1.29 is 4.79 Å². The van der Waals surface area contributed by atoms with E-state index in [4.69, 9.17) is 0 Å². The molecule has 0 radical (unpaired) electrons. The second-order valence-electron chi connectivity index (χ2n) is 4.14. The van der Waals surface area contributed by atoms with Crippen molar-refractivity contribution in [1.82, 2.24) is 9.88 Å². The Morgan fingerprint density at radius 2 is 2.25 bits per heavy atom. The summed E-state index contributed by atoms with van der Waals surface area (Å²) < 4.78 is 0. The lowest BCUT2D eigenvalue weighted by Crippen LogP contribution is -2.31. The van der Waals surface area contributed by atoms with Gasteiger partial charge in [-0.1, -0.05) is 20.3 Å². The molecule has 1 aromatic heterocycles. The molecule has 1 atom stereocenters. The molecule has 1 amide bonds. The maximum absolute atomic E-state index is 11.9. The maximum Gasteiger partial charge on any atom is 0.253 e. The molecule has 0 aliphatic rings. The normalized spacial score (nSPS) is 12.2. The van der Waals surface area contributed by atoms with Gasteiger partial charge in [0.25, 0.3) is 5.91 Å². The van der Waals surface area contributed by atoms with Crippen LogP contribution in [0.2, 0.25) is 0 Å². The average Bonchev–Trinajstić information content (AvgIpc) is 2.27. The standard InChI is InChI=1S/C12H18N2O2/c1-4-9(2)8-14(3)12(16)10-5-6-13-11(15)7-10/h5-7,9H,4,8H2,1-3H3,(H,13,15). The molecule has 1 N–H and O–H groups in total. The summed E-state index contributed by atoms with van der Waals surface area (Å²) in [6.07, 6.45) is 2.53. The fourth-order valence-corrected chi connectivity index (χ4v) is 1.48. The Morgan fingerprint density at radius 3 is 2.81 bits per heavy atom. The van der Waals surface area contributed by atoms with Crippen LogP contribution in [0.1, 0.15) is 30.6 Å². The summed E-state index contributed by atoms with van der Waals surface area (Å²) in [4.78, 5) is 27.1. The second kappa shape index (κ2) is 5.49. The molecule has 1 rings (SSSR count). The average molecular weight is 222 g/mol. The van der Waals surface area contributed by atoms with Crippen LogP contribution in [0, 0.1) is 5.92 Å². The van der Waals surface area contributed by atoms with Crippen LogP contribution < -0.4 is 5.56 Å². The van der Waals surface area contributed by atoms with Gasteiger partial charge in [0.15, 0.2) is 0 Å². The lowest BCUT2D eigenvalue weighted by atomic mass is 10.1. The lowest BCUT2D eigenvalue weighted by molar-refractivity contribution is 0.0774. The Kier molecular flexibility index (Phi) is 4.28. The predicted molar refractivity (Wildman–Crippen MR) is 63.5 cm³/mol. The van der Waals surface area contributed by atoms with Crippen LogP contribution in [0.25, 0.3) is 0 Å². The minimum absolute atomic E-state index is 0.105. The maximum atomic E-state index is 11.9. The quantitative estimate of drug-likeness (QED) is 0.839. The molecule has 0 spiro atoms. The number of carbonyl (C=O) groups excluding carboxylic acids is 1. The lowest BCUT2D eigenvalue weighted by Gasteiger charge is -2.20. The zero-order chi connectivity index (χ0) is 12.1. The molecular weight excluding hydrogens is 204 g/mol. The summed E-state index contributed by atoms with van der Waals surface area (Å²) >= 11 is 0. The second-order valence-corrected chi connectivity index (χ2v) is 4.14. The first kappa shape index (κ1) is 12.5. The molecule has 1 unspecified atom stereocenters. The van der Waals surface area contributed by atoms with Crippen LogP contribution in [0.15, 0.2) is 23.1 Å². The van der Waals surface area contributed by atoms with Crippen LogP contribution in [0.4, 0.5) is 0 Å². The number of rotatable bonds is 4. The Hall–Kier alpha value is -1.58. The molecule has 0 fully saturated rings. The number of H-pyrrole nitrogens is 1. The smallest absolute Gasteiger partial charge is 0.253 e. The predicted octanol–water partition coefficient (Wildman–Crippen LogP) is 1.49. The van der Waals surface area contributed by atoms with Gasteiger partial charge in [-0.2, -0.15) is 0 Å². The van der Waals surface area contributed by atoms with Crippen LogP contribution in [-0.4, -0.2) is 29.4 Å². The first-order chi connectivity index (χ1) is 7.54. The van der Waals surface area contributed by atoms with E-state index in [0.717, 1.165) is 6.42 Å². The summed E-state index contributed by atoms with van der Waals surface area (Å²) in [5.74, 6) is 0.363. The van der Waals surface area contributed by atoms with Gasteiger partial charge < -0.3 is 9.88 Å². The molecule has 0 aliphatic carbocycles. The number of nitrogens with one attached hydrogen (secondary N) is 1. The third-order valence-electron chi connectivity index (χ3n) is 2.65. The van der Waals surface area contributed by atoms with E-state index >= 15 is 0 Å². The number of hydrogen-bond acceptors (Lipinski definition) is 2. The third-order valence-corrected chi connectivity index (χ3v) is 2.65. The highest BCUT2D eigenvalue weighted by Crippen LogP contribution is 2.06. The van der Waals surface area contributed by atoms with Crippen LogP contribution in [0.5, 0.6) is 0 Å². The number of carbonyl (C=O) groups is 1. The van der Waals surface area contributed by atoms with E-state index in [1.54, 1.807) is 18.0 Å². The first-order valence-electron chi connectivity index (χ1n) is 5.48. The Bertz CT molecular complexity index is 411. The van der Waals surface area contributed by atoms with Gasteiger partial charge >= 0.3 is 0 Å². The molecule has 1 aromatic rings. The van der Waals surface area contributed by atoms with E-state index < -0.39 is 0 Å². The molecule has 16 heavy (non-hydrogen) atoms. The monoisotopic (exact) mass is 222 g/mol. The molecule has 0 aliphatic heterocycles. The van der Waals surface area contributed by atoms with Crippen molar-refractivity contribution >= 4 is 5.91 Å². The van der Waals surface area contributed by atoms with E-state index in [9.17, 15) is 9.59 Å². The van der Waals surface area contributed by atoms with Crippen molar-refractivity contribution in [3.8, 4) is 0 Å². The molecule has 4 heteroatoms. The van der Waals surface area contributed by atoms with Crippen LogP contribution >= 0.6 is 0 Å². The summed E-state index contributed by atoms with van der Waals surface area (Å²) in [6, 6.07) is 2.95. The van der Waals surface area contributed by atoms with Gasteiger partial charge in [-0.25, -0.2) is 0 Å². The van der Waals surface area contributed by atoms with Gasteiger partial charge in [0, 0.05) is 31.4 Å². The van der Waals surface area contributed by atoms with Gasteiger partial charge in [0.2, 0.25) is 5.56 Å².